The SMILES string of the molecule is O=C(/C=C/c1ccc(OC(F)(F)F)cc1)N1CCC2CN(Cc3ccc4[nH]nnc4c3)CC2CC1. The van der Waals surface area contributed by atoms with Crippen molar-refractivity contribution in [2.75, 3.05) is 26.2 Å². The van der Waals surface area contributed by atoms with Crippen LogP contribution in [0.1, 0.15) is 24.0 Å². The third kappa shape index (κ3) is 5.82. The molecule has 184 valence electrons. The molecule has 2 atom stereocenters. The van der Waals surface area contributed by atoms with E-state index in [9.17, 15) is 18.0 Å². The minimum Gasteiger partial charge on any atom is -0.406 e. The van der Waals surface area contributed by atoms with Crippen molar-refractivity contribution >= 4 is 23.0 Å². The molecule has 10 heteroatoms. The smallest absolute Gasteiger partial charge is 0.406 e. The zero-order valence-corrected chi connectivity index (χ0v) is 19.0. The number of alkyl halides is 3. The van der Waals surface area contributed by atoms with Crippen LogP contribution in [-0.2, 0) is 11.3 Å². The van der Waals surface area contributed by atoms with Crippen molar-refractivity contribution in [3.8, 4) is 5.75 Å². The fourth-order valence-electron chi connectivity index (χ4n) is 5.09. The topological polar surface area (TPSA) is 74.3 Å². The number of aromatic amines is 1. The zero-order chi connectivity index (χ0) is 24.4. The zero-order valence-electron chi connectivity index (χ0n) is 19.0. The van der Waals surface area contributed by atoms with Gasteiger partial charge in [0.15, 0.2) is 0 Å². The molecule has 1 N–H and O–H groups in total. The van der Waals surface area contributed by atoms with Gasteiger partial charge in [0.25, 0.3) is 0 Å². The number of amides is 1. The van der Waals surface area contributed by atoms with Crippen molar-refractivity contribution in [1.82, 2.24) is 25.2 Å². The summed E-state index contributed by atoms with van der Waals surface area (Å²) in [7, 11) is 0. The van der Waals surface area contributed by atoms with Crippen molar-refractivity contribution < 1.29 is 22.7 Å². The first-order valence-electron chi connectivity index (χ1n) is 11.7. The predicted octanol–water partition coefficient (Wildman–Crippen LogP) is 4.24. The maximum absolute atomic E-state index is 12.7. The third-order valence-corrected chi connectivity index (χ3v) is 6.83. The van der Waals surface area contributed by atoms with E-state index >= 15 is 0 Å². The van der Waals surface area contributed by atoms with Crippen LogP contribution in [0, 0.1) is 11.8 Å². The lowest BCUT2D eigenvalue weighted by molar-refractivity contribution is -0.274. The molecule has 0 spiro atoms. The van der Waals surface area contributed by atoms with Gasteiger partial charge in [-0.3, -0.25) is 14.8 Å². The second-order valence-corrected chi connectivity index (χ2v) is 9.23. The second-order valence-electron chi connectivity index (χ2n) is 9.23. The van der Waals surface area contributed by atoms with Crippen molar-refractivity contribution in [3.63, 3.8) is 0 Å². The second kappa shape index (κ2) is 9.69. The van der Waals surface area contributed by atoms with Crippen molar-refractivity contribution in [2.45, 2.75) is 25.7 Å². The summed E-state index contributed by atoms with van der Waals surface area (Å²) in [5.74, 6) is 0.772. The first kappa shape index (κ1) is 23.3. The number of carbonyl (C=O) groups excluding carboxylic acids is 1. The molecule has 35 heavy (non-hydrogen) atoms. The molecule has 0 saturated carbocycles. The monoisotopic (exact) mass is 485 g/mol. The van der Waals surface area contributed by atoms with Crippen LogP contribution in [0.15, 0.2) is 48.5 Å². The molecular formula is C25H26F3N5O2. The van der Waals surface area contributed by atoms with Gasteiger partial charge in [-0.2, -0.15) is 0 Å². The molecular weight excluding hydrogens is 459 g/mol. The van der Waals surface area contributed by atoms with E-state index in [2.05, 4.69) is 37.2 Å². The van der Waals surface area contributed by atoms with E-state index in [0.717, 1.165) is 43.5 Å². The molecule has 2 aliphatic heterocycles. The highest BCUT2D eigenvalue weighted by atomic mass is 19.4. The average Bonchev–Trinajstić information content (AvgIpc) is 3.39. The highest BCUT2D eigenvalue weighted by molar-refractivity contribution is 5.91. The third-order valence-electron chi connectivity index (χ3n) is 6.83. The molecule has 2 saturated heterocycles. The van der Waals surface area contributed by atoms with Gasteiger partial charge in [-0.05, 0) is 66.1 Å². The molecule has 0 aliphatic carbocycles. The van der Waals surface area contributed by atoms with E-state index in [1.54, 1.807) is 6.08 Å². The molecule has 2 fully saturated rings. The Labute approximate surface area is 200 Å². The van der Waals surface area contributed by atoms with Gasteiger partial charge in [-0.1, -0.05) is 23.4 Å². The molecule has 7 nitrogen and oxygen atoms in total. The van der Waals surface area contributed by atoms with Crippen LogP contribution in [-0.4, -0.2) is 63.7 Å². The Morgan fingerprint density at radius 1 is 1.09 bits per heavy atom. The lowest BCUT2D eigenvalue weighted by atomic mass is 9.92. The van der Waals surface area contributed by atoms with E-state index in [1.807, 2.05) is 11.0 Å². The summed E-state index contributed by atoms with van der Waals surface area (Å²) in [5, 5.41) is 10.8. The number of ether oxygens (including phenoxy) is 1. The molecule has 1 aromatic heterocycles. The molecule has 3 aromatic rings. The minimum atomic E-state index is -4.72. The molecule has 0 bridgehead atoms. The predicted molar refractivity (Wildman–Crippen MR) is 124 cm³/mol. The molecule has 2 aliphatic rings. The maximum Gasteiger partial charge on any atom is 0.573 e. The molecule has 1 amide bonds. The maximum atomic E-state index is 12.7. The molecule has 0 radical (unpaired) electrons. The van der Waals surface area contributed by atoms with Crippen molar-refractivity contribution in [2.24, 2.45) is 11.8 Å². The summed E-state index contributed by atoms with van der Waals surface area (Å²) < 4.78 is 40.7. The number of H-pyrrole nitrogens is 1. The summed E-state index contributed by atoms with van der Waals surface area (Å²) in [6.45, 7) is 4.34. The number of rotatable bonds is 5. The molecule has 2 aromatic carbocycles. The number of carbonyl (C=O) groups is 1. The number of likely N-dealkylation sites (tertiary alicyclic amines) is 2. The Kier molecular flexibility index (Phi) is 6.46. The summed E-state index contributed by atoms with van der Waals surface area (Å²) in [5.41, 5.74) is 3.68. The Morgan fingerprint density at radius 2 is 1.80 bits per heavy atom. The highest BCUT2D eigenvalue weighted by Gasteiger charge is 2.35. The number of benzene rings is 2. The van der Waals surface area contributed by atoms with Gasteiger partial charge in [0.05, 0.1) is 5.52 Å². The summed E-state index contributed by atoms with van der Waals surface area (Å²) in [4.78, 5) is 17.1. The first-order valence-corrected chi connectivity index (χ1v) is 11.7. The number of nitrogens with one attached hydrogen (secondary N) is 1. The number of aromatic nitrogens is 3. The van der Waals surface area contributed by atoms with Crippen LogP contribution < -0.4 is 4.74 Å². The largest absolute Gasteiger partial charge is 0.573 e. The van der Waals surface area contributed by atoms with E-state index in [-0.39, 0.29) is 11.7 Å². The van der Waals surface area contributed by atoms with Crippen LogP contribution in [0.3, 0.4) is 0 Å². The minimum absolute atomic E-state index is 0.0710. The van der Waals surface area contributed by atoms with Crippen LogP contribution in [0.5, 0.6) is 5.75 Å². The van der Waals surface area contributed by atoms with Crippen molar-refractivity contribution in [1.29, 1.82) is 0 Å². The standard InChI is InChI=1S/C25H26F3N5O2/c26-25(27,28)35-21-5-1-17(2-6-21)4-8-24(34)33-11-9-19-15-32(16-20(19)10-12-33)14-18-3-7-22-23(13-18)30-31-29-22/h1-8,13,19-20H,9-12,14-16H2,(H,29,30,31)/b8-4+. The summed E-state index contributed by atoms with van der Waals surface area (Å²) in [6.07, 6.45) is 0.326. The fraction of sp³-hybridized carbons (Fsp3) is 0.400. The van der Waals surface area contributed by atoms with Crippen LogP contribution >= 0.6 is 0 Å². The van der Waals surface area contributed by atoms with Gasteiger partial charge in [0.1, 0.15) is 11.3 Å². The van der Waals surface area contributed by atoms with Gasteiger partial charge in [0.2, 0.25) is 5.91 Å². The van der Waals surface area contributed by atoms with Gasteiger partial charge in [-0.25, -0.2) is 0 Å². The molecule has 5 rings (SSSR count). The number of halogens is 3. The normalized spacial score (nSPS) is 21.4. The Hall–Kier alpha value is -3.40. The van der Waals surface area contributed by atoms with E-state index < -0.39 is 6.36 Å². The number of hydrogen-bond acceptors (Lipinski definition) is 5. The highest BCUT2D eigenvalue weighted by Crippen LogP contribution is 2.33. The van der Waals surface area contributed by atoms with Crippen LogP contribution in [0.2, 0.25) is 0 Å². The van der Waals surface area contributed by atoms with Crippen LogP contribution in [0.4, 0.5) is 13.2 Å². The van der Waals surface area contributed by atoms with Gasteiger partial charge in [-0.15, -0.1) is 18.3 Å². The Balaban J connectivity index is 1.12. The number of nitrogens with zero attached hydrogens (tertiary/aromatic N) is 4. The quantitative estimate of drug-likeness (QED) is 0.548. The van der Waals surface area contributed by atoms with Crippen LogP contribution in [0.25, 0.3) is 17.1 Å². The lowest BCUT2D eigenvalue weighted by Crippen LogP contribution is -2.31. The summed E-state index contributed by atoms with van der Waals surface area (Å²) in [6, 6.07) is 11.7. The van der Waals surface area contributed by atoms with Gasteiger partial charge >= 0.3 is 6.36 Å². The van der Waals surface area contributed by atoms with Gasteiger partial charge < -0.3 is 9.64 Å². The van der Waals surface area contributed by atoms with Crippen molar-refractivity contribution in [3.05, 3.63) is 59.7 Å². The van der Waals surface area contributed by atoms with Gasteiger partial charge in [0, 0.05) is 38.8 Å². The van der Waals surface area contributed by atoms with E-state index in [4.69, 9.17) is 0 Å². The number of hydrogen-bond donors (Lipinski definition) is 1. The summed E-state index contributed by atoms with van der Waals surface area (Å²) >= 11 is 0. The molecule has 3 heterocycles. The Bertz CT molecular complexity index is 1190. The van der Waals surface area contributed by atoms with E-state index in [1.165, 1.54) is 35.9 Å². The number of fused-ring (bicyclic) bond motifs is 2. The first-order chi connectivity index (χ1) is 16.8. The lowest BCUT2D eigenvalue weighted by Gasteiger charge is -2.21. The van der Waals surface area contributed by atoms with E-state index in [0.29, 0.717) is 30.5 Å². The average molecular weight is 486 g/mol. The fourth-order valence-corrected chi connectivity index (χ4v) is 5.09. The Morgan fingerprint density at radius 3 is 2.49 bits per heavy atom. The molecule has 2 unspecified atom stereocenters.